The maximum Gasteiger partial charge on any atom is 0.394 e. The number of amides is 2. The monoisotopic (exact) mass is 443 g/mol. The number of aliphatic carboxylic acids is 2. The number of hydrogen-bond acceptors (Lipinski definition) is 6. The summed E-state index contributed by atoms with van der Waals surface area (Å²) in [5.74, 6) is -4.11. The number of ether oxygens (including phenoxy) is 1. The molecule has 1 unspecified atom stereocenters. The minimum atomic E-state index is -1.75. The van der Waals surface area contributed by atoms with E-state index in [4.69, 9.17) is 9.84 Å². The van der Waals surface area contributed by atoms with Crippen LogP contribution in [-0.4, -0.2) is 60.1 Å². The van der Waals surface area contributed by atoms with E-state index in [1.807, 2.05) is 11.4 Å². The van der Waals surface area contributed by atoms with Gasteiger partial charge in [0.2, 0.25) is 0 Å². The molecular weight excluding hydrogens is 418 g/mol. The van der Waals surface area contributed by atoms with Gasteiger partial charge < -0.3 is 30.9 Å². The second-order valence-electron chi connectivity index (χ2n) is 6.87. The lowest BCUT2D eigenvalue weighted by Crippen LogP contribution is -2.45. The fraction of sp³-hybridized carbons (Fsp3) is 0.273. The van der Waals surface area contributed by atoms with Gasteiger partial charge in [0.15, 0.2) is 0 Å². The molecule has 2 aromatic carbocycles. The number of carboxylic acids is 2. The first kappa shape index (κ1) is 24.4. The zero-order chi connectivity index (χ0) is 23.5. The van der Waals surface area contributed by atoms with Crippen molar-refractivity contribution in [3.8, 4) is 5.75 Å². The number of nitrogens with one attached hydrogen (secondary N) is 3. The smallest absolute Gasteiger partial charge is 0.394 e. The van der Waals surface area contributed by atoms with Crippen molar-refractivity contribution >= 4 is 23.8 Å². The van der Waals surface area contributed by atoms with Gasteiger partial charge in [-0.25, -0.2) is 9.59 Å². The van der Waals surface area contributed by atoms with E-state index in [-0.39, 0.29) is 18.9 Å². The summed E-state index contributed by atoms with van der Waals surface area (Å²) in [5.41, 5.74) is 1.91. The lowest BCUT2D eigenvalue weighted by molar-refractivity contribution is -0.152. The van der Waals surface area contributed by atoms with E-state index in [0.29, 0.717) is 30.0 Å². The van der Waals surface area contributed by atoms with Gasteiger partial charge in [-0.1, -0.05) is 24.3 Å². The van der Waals surface area contributed by atoms with Crippen LogP contribution in [0.15, 0.2) is 48.5 Å². The van der Waals surface area contributed by atoms with E-state index >= 15 is 0 Å². The van der Waals surface area contributed by atoms with E-state index in [0.717, 1.165) is 5.56 Å². The minimum absolute atomic E-state index is 0.0840. The van der Waals surface area contributed by atoms with E-state index in [1.54, 1.807) is 49.5 Å². The molecule has 0 aliphatic heterocycles. The van der Waals surface area contributed by atoms with E-state index in [9.17, 15) is 24.3 Å². The average molecular weight is 443 g/mol. The van der Waals surface area contributed by atoms with Gasteiger partial charge in [-0.3, -0.25) is 9.59 Å². The molecule has 5 N–H and O–H groups in total. The third-order valence-corrected chi connectivity index (χ3v) is 4.42. The zero-order valence-electron chi connectivity index (χ0n) is 17.5. The normalized spacial score (nSPS) is 11.3. The van der Waals surface area contributed by atoms with Crippen molar-refractivity contribution in [2.45, 2.75) is 19.1 Å². The summed E-state index contributed by atoms with van der Waals surface area (Å²) in [4.78, 5) is 45.3. The van der Waals surface area contributed by atoms with Crippen molar-refractivity contribution in [2.75, 3.05) is 20.1 Å². The summed E-state index contributed by atoms with van der Waals surface area (Å²) in [7, 11) is 1.80. The Morgan fingerprint density at radius 3 is 2.31 bits per heavy atom. The Morgan fingerprint density at radius 2 is 1.69 bits per heavy atom. The maximum absolute atomic E-state index is 12.1. The van der Waals surface area contributed by atoms with Crippen molar-refractivity contribution < 1.29 is 34.1 Å². The molecule has 10 heteroatoms. The lowest BCUT2D eigenvalue weighted by atomic mass is 10.1. The highest BCUT2D eigenvalue weighted by Crippen LogP contribution is 2.16. The van der Waals surface area contributed by atoms with Gasteiger partial charge in [-0.15, -0.1) is 0 Å². The maximum atomic E-state index is 12.1. The molecule has 0 bridgehead atoms. The van der Waals surface area contributed by atoms with Crippen LogP contribution in [0.1, 0.15) is 21.5 Å². The molecule has 32 heavy (non-hydrogen) atoms. The van der Waals surface area contributed by atoms with Crippen molar-refractivity contribution in [3.63, 3.8) is 0 Å². The second-order valence-corrected chi connectivity index (χ2v) is 6.87. The van der Waals surface area contributed by atoms with Crippen LogP contribution in [0.5, 0.6) is 5.75 Å². The molecular formula is C22H25N3O7. The van der Waals surface area contributed by atoms with Gasteiger partial charge in [-0.2, -0.15) is 0 Å². The molecule has 2 rings (SSSR count). The molecule has 0 fully saturated rings. The number of likely N-dealkylation sites (N-methyl/N-ethyl adjacent to an activating group) is 1. The number of rotatable bonds is 11. The highest BCUT2D eigenvalue weighted by atomic mass is 16.5. The molecule has 0 saturated carbocycles. The molecule has 0 aromatic heterocycles. The summed E-state index contributed by atoms with van der Waals surface area (Å²) in [6, 6.07) is 12.2. The van der Waals surface area contributed by atoms with Gasteiger partial charge in [0, 0.05) is 25.1 Å². The summed E-state index contributed by atoms with van der Waals surface area (Å²) >= 11 is 0. The first-order valence-corrected chi connectivity index (χ1v) is 9.80. The molecule has 2 amide bonds. The molecule has 0 aliphatic rings. The number of hydrogen-bond donors (Lipinski definition) is 5. The molecule has 0 spiro atoms. The van der Waals surface area contributed by atoms with Crippen molar-refractivity contribution in [1.29, 1.82) is 0 Å². The molecule has 1 atom stereocenters. The van der Waals surface area contributed by atoms with Gasteiger partial charge in [0.1, 0.15) is 18.4 Å². The van der Waals surface area contributed by atoms with Crippen molar-refractivity contribution in [3.05, 3.63) is 65.2 Å². The highest BCUT2D eigenvalue weighted by Gasteiger charge is 2.23. The predicted molar refractivity (Wildman–Crippen MR) is 114 cm³/mol. The van der Waals surface area contributed by atoms with Crippen LogP contribution in [0.25, 0.3) is 0 Å². The topological polar surface area (TPSA) is 154 Å². The molecule has 10 nitrogen and oxygen atoms in total. The van der Waals surface area contributed by atoms with Crippen molar-refractivity contribution in [2.24, 2.45) is 0 Å². The minimum Gasteiger partial charge on any atom is -0.489 e. The Balaban J connectivity index is 1.93. The third-order valence-electron chi connectivity index (χ3n) is 4.42. The SMILES string of the molecule is CNCCNC(=O)c1cccc(COc2ccc(CC(NC(=O)C(=O)O)C(=O)O)cc2)c1. The number of carboxylic acid groups (broad SMARTS) is 2. The fourth-order valence-electron chi connectivity index (χ4n) is 2.75. The number of benzene rings is 2. The van der Waals surface area contributed by atoms with Crippen LogP contribution < -0.4 is 20.7 Å². The summed E-state index contributed by atoms with van der Waals surface area (Å²) in [6.45, 7) is 1.41. The van der Waals surface area contributed by atoms with Crippen LogP contribution >= 0.6 is 0 Å². The molecule has 0 aliphatic carbocycles. The van der Waals surface area contributed by atoms with Crippen LogP contribution in [0.3, 0.4) is 0 Å². The van der Waals surface area contributed by atoms with Gasteiger partial charge in [0.25, 0.3) is 5.91 Å². The first-order chi connectivity index (χ1) is 15.3. The molecule has 0 radical (unpaired) electrons. The highest BCUT2D eigenvalue weighted by molar-refractivity contribution is 6.31. The number of carbonyl (C=O) groups is 4. The average Bonchev–Trinajstić information content (AvgIpc) is 2.78. The van der Waals surface area contributed by atoms with E-state index in [2.05, 4.69) is 10.6 Å². The van der Waals surface area contributed by atoms with Crippen LogP contribution in [0.2, 0.25) is 0 Å². The Morgan fingerprint density at radius 1 is 0.969 bits per heavy atom. The van der Waals surface area contributed by atoms with Crippen LogP contribution in [0, 0.1) is 0 Å². The second kappa shape index (κ2) is 12.1. The van der Waals surface area contributed by atoms with Gasteiger partial charge in [-0.05, 0) is 42.4 Å². The summed E-state index contributed by atoms with van der Waals surface area (Å²) in [6.07, 6.45) is -0.0840. The lowest BCUT2D eigenvalue weighted by Gasteiger charge is -2.13. The van der Waals surface area contributed by atoms with Gasteiger partial charge >= 0.3 is 17.8 Å². The Kier molecular flexibility index (Phi) is 9.18. The standard InChI is InChI=1S/C22H25N3O7/c1-23-9-10-24-19(26)16-4-2-3-15(11-16)13-32-17-7-5-14(6-8-17)12-18(21(28)29)25-20(27)22(30)31/h2-8,11,18,23H,9-10,12-13H2,1H3,(H,24,26)(H,25,27)(H,28,29)(H,30,31). The van der Waals surface area contributed by atoms with Crippen LogP contribution in [-0.2, 0) is 27.4 Å². The summed E-state index contributed by atoms with van der Waals surface area (Å²) in [5, 5.41) is 25.5. The number of carbonyl (C=O) groups excluding carboxylic acids is 2. The Hall–Kier alpha value is -3.92. The van der Waals surface area contributed by atoms with Crippen LogP contribution in [0.4, 0.5) is 0 Å². The first-order valence-electron chi connectivity index (χ1n) is 9.80. The zero-order valence-corrected chi connectivity index (χ0v) is 17.5. The molecule has 170 valence electrons. The molecule has 2 aromatic rings. The van der Waals surface area contributed by atoms with E-state index in [1.165, 1.54) is 0 Å². The summed E-state index contributed by atoms with van der Waals surface area (Å²) < 4.78 is 5.72. The quantitative estimate of drug-likeness (QED) is 0.247. The van der Waals surface area contributed by atoms with Crippen molar-refractivity contribution in [1.82, 2.24) is 16.0 Å². The van der Waals surface area contributed by atoms with Gasteiger partial charge in [0.05, 0.1) is 0 Å². The Bertz CT molecular complexity index is 960. The molecule has 0 heterocycles. The Labute approximate surface area is 184 Å². The van der Waals surface area contributed by atoms with E-state index < -0.39 is 23.9 Å². The third kappa shape index (κ3) is 7.73. The molecule has 0 saturated heterocycles. The fourth-order valence-corrected chi connectivity index (χ4v) is 2.75. The largest absolute Gasteiger partial charge is 0.489 e. The predicted octanol–water partition coefficient (Wildman–Crippen LogP) is 0.411.